The molecule has 0 unspecified atom stereocenters. The standard InChI is InChI=1S/C15H13N3O3/c1-2-4-9-7-10-12(19)11(15(20)21)8-16-13(10)17-14(9)18-5-3-6-18/h7-8H,3,5-6H2,1H3,(H,20,21)(H,16,17,19). The molecule has 1 aliphatic heterocycles. The SMILES string of the molecule is CC#Cc1cc2c(=O)c(C(=O)O)c[nH]c2nc1N1CCC1. The lowest BCUT2D eigenvalue weighted by Gasteiger charge is -2.32. The van der Waals surface area contributed by atoms with Crippen LogP contribution in [0.1, 0.15) is 29.3 Å². The van der Waals surface area contributed by atoms with Crippen molar-refractivity contribution < 1.29 is 9.90 Å². The molecule has 3 rings (SSSR count). The zero-order valence-corrected chi connectivity index (χ0v) is 11.4. The molecule has 1 fully saturated rings. The Kier molecular flexibility index (Phi) is 3.10. The van der Waals surface area contributed by atoms with Crippen LogP contribution in [-0.2, 0) is 0 Å². The van der Waals surface area contributed by atoms with Gasteiger partial charge in [-0.1, -0.05) is 5.92 Å². The number of anilines is 1. The van der Waals surface area contributed by atoms with Gasteiger partial charge < -0.3 is 15.0 Å². The Labute approximate surface area is 120 Å². The van der Waals surface area contributed by atoms with Crippen LogP contribution in [0.4, 0.5) is 5.82 Å². The van der Waals surface area contributed by atoms with Crippen molar-refractivity contribution in [1.82, 2.24) is 9.97 Å². The van der Waals surface area contributed by atoms with Crippen LogP contribution in [-0.4, -0.2) is 34.1 Å². The number of carboxylic acid groups (broad SMARTS) is 1. The van der Waals surface area contributed by atoms with Crippen LogP contribution in [0.5, 0.6) is 0 Å². The summed E-state index contributed by atoms with van der Waals surface area (Å²) in [6.07, 6.45) is 2.29. The first-order valence-corrected chi connectivity index (χ1v) is 6.59. The molecular formula is C15H13N3O3. The van der Waals surface area contributed by atoms with Crippen molar-refractivity contribution >= 4 is 22.8 Å². The van der Waals surface area contributed by atoms with Gasteiger partial charge in [-0.05, 0) is 19.4 Å². The first-order valence-electron chi connectivity index (χ1n) is 6.59. The molecule has 0 radical (unpaired) electrons. The summed E-state index contributed by atoms with van der Waals surface area (Å²) in [6.45, 7) is 3.53. The molecule has 1 saturated heterocycles. The molecule has 0 aliphatic carbocycles. The molecule has 0 saturated carbocycles. The fraction of sp³-hybridized carbons (Fsp3) is 0.267. The number of fused-ring (bicyclic) bond motifs is 1. The van der Waals surface area contributed by atoms with Gasteiger partial charge in [-0.3, -0.25) is 4.79 Å². The largest absolute Gasteiger partial charge is 0.477 e. The number of hydrogen-bond donors (Lipinski definition) is 2. The molecule has 3 heterocycles. The lowest BCUT2D eigenvalue weighted by molar-refractivity contribution is 0.0695. The van der Waals surface area contributed by atoms with Crippen LogP contribution < -0.4 is 10.3 Å². The molecule has 0 amide bonds. The van der Waals surface area contributed by atoms with E-state index in [-0.39, 0.29) is 10.9 Å². The zero-order chi connectivity index (χ0) is 15.0. The molecule has 6 nitrogen and oxygen atoms in total. The van der Waals surface area contributed by atoms with Gasteiger partial charge >= 0.3 is 5.97 Å². The van der Waals surface area contributed by atoms with Gasteiger partial charge in [0.15, 0.2) is 0 Å². The molecule has 106 valence electrons. The third kappa shape index (κ3) is 2.13. The van der Waals surface area contributed by atoms with E-state index in [9.17, 15) is 9.59 Å². The van der Waals surface area contributed by atoms with Gasteiger partial charge in [0.25, 0.3) is 0 Å². The molecule has 2 aromatic rings. The third-order valence-corrected chi connectivity index (χ3v) is 3.49. The summed E-state index contributed by atoms with van der Waals surface area (Å²) in [4.78, 5) is 32.5. The van der Waals surface area contributed by atoms with E-state index in [0.29, 0.717) is 11.2 Å². The van der Waals surface area contributed by atoms with Crippen molar-refractivity contribution in [3.05, 3.63) is 33.6 Å². The molecule has 0 spiro atoms. The predicted molar refractivity (Wildman–Crippen MR) is 78.7 cm³/mol. The van der Waals surface area contributed by atoms with E-state index >= 15 is 0 Å². The van der Waals surface area contributed by atoms with Crippen molar-refractivity contribution in [3.8, 4) is 11.8 Å². The molecule has 2 aromatic heterocycles. The van der Waals surface area contributed by atoms with E-state index in [2.05, 4.69) is 26.7 Å². The number of aromatic carboxylic acids is 1. The highest BCUT2D eigenvalue weighted by Crippen LogP contribution is 2.24. The molecule has 0 bridgehead atoms. The van der Waals surface area contributed by atoms with Gasteiger partial charge in [-0.2, -0.15) is 0 Å². The second-order valence-corrected chi connectivity index (χ2v) is 4.81. The molecule has 0 atom stereocenters. The van der Waals surface area contributed by atoms with E-state index in [0.717, 1.165) is 25.3 Å². The molecular weight excluding hydrogens is 270 g/mol. The fourth-order valence-electron chi connectivity index (χ4n) is 2.29. The highest BCUT2D eigenvalue weighted by atomic mass is 16.4. The summed E-state index contributed by atoms with van der Waals surface area (Å²) in [6, 6.07) is 1.62. The Balaban J connectivity index is 2.29. The maximum Gasteiger partial charge on any atom is 0.341 e. The number of nitrogens with zero attached hydrogens (tertiary/aromatic N) is 2. The van der Waals surface area contributed by atoms with Crippen LogP contribution in [0.15, 0.2) is 17.1 Å². The number of aromatic nitrogens is 2. The molecule has 2 N–H and O–H groups in total. The Morgan fingerprint density at radius 1 is 1.48 bits per heavy atom. The van der Waals surface area contributed by atoms with Gasteiger partial charge in [0, 0.05) is 19.3 Å². The summed E-state index contributed by atoms with van der Waals surface area (Å²) >= 11 is 0. The maximum atomic E-state index is 12.2. The van der Waals surface area contributed by atoms with E-state index in [1.807, 2.05) is 0 Å². The summed E-state index contributed by atoms with van der Waals surface area (Å²) in [7, 11) is 0. The van der Waals surface area contributed by atoms with Crippen LogP contribution in [0.3, 0.4) is 0 Å². The van der Waals surface area contributed by atoms with Gasteiger partial charge in [0.1, 0.15) is 17.0 Å². The zero-order valence-electron chi connectivity index (χ0n) is 11.4. The third-order valence-electron chi connectivity index (χ3n) is 3.49. The minimum absolute atomic E-state index is 0.247. The van der Waals surface area contributed by atoms with E-state index in [1.165, 1.54) is 6.20 Å². The van der Waals surface area contributed by atoms with Crippen molar-refractivity contribution in [2.75, 3.05) is 18.0 Å². The molecule has 6 heteroatoms. The normalized spacial score (nSPS) is 13.5. The number of hydrogen-bond acceptors (Lipinski definition) is 4. The van der Waals surface area contributed by atoms with Crippen molar-refractivity contribution in [2.24, 2.45) is 0 Å². The van der Waals surface area contributed by atoms with Gasteiger partial charge in [0.05, 0.1) is 10.9 Å². The van der Waals surface area contributed by atoms with E-state index < -0.39 is 11.4 Å². The van der Waals surface area contributed by atoms with Crippen LogP contribution in [0, 0.1) is 11.8 Å². The Bertz CT molecular complexity index is 854. The van der Waals surface area contributed by atoms with Crippen molar-refractivity contribution in [3.63, 3.8) is 0 Å². The first-order chi connectivity index (χ1) is 10.1. The van der Waals surface area contributed by atoms with E-state index in [4.69, 9.17) is 5.11 Å². The topological polar surface area (TPSA) is 86.3 Å². The number of carbonyl (C=O) groups is 1. The monoisotopic (exact) mass is 283 g/mol. The number of pyridine rings is 2. The van der Waals surface area contributed by atoms with Crippen LogP contribution in [0.2, 0.25) is 0 Å². The second-order valence-electron chi connectivity index (χ2n) is 4.81. The minimum atomic E-state index is -1.26. The van der Waals surface area contributed by atoms with Crippen molar-refractivity contribution in [1.29, 1.82) is 0 Å². The lowest BCUT2D eigenvalue weighted by atomic mass is 10.1. The number of aromatic amines is 1. The van der Waals surface area contributed by atoms with Gasteiger partial charge in [-0.25, -0.2) is 9.78 Å². The average Bonchev–Trinajstić information content (AvgIpc) is 2.38. The highest BCUT2D eigenvalue weighted by molar-refractivity contribution is 5.92. The number of H-pyrrole nitrogens is 1. The van der Waals surface area contributed by atoms with Gasteiger partial charge in [0.2, 0.25) is 5.43 Å². The number of nitrogens with one attached hydrogen (secondary N) is 1. The molecule has 1 aliphatic rings. The van der Waals surface area contributed by atoms with Crippen LogP contribution >= 0.6 is 0 Å². The first kappa shape index (κ1) is 13.2. The number of carboxylic acids is 1. The van der Waals surface area contributed by atoms with E-state index in [1.54, 1.807) is 13.0 Å². The highest BCUT2D eigenvalue weighted by Gasteiger charge is 2.21. The van der Waals surface area contributed by atoms with Crippen molar-refractivity contribution in [2.45, 2.75) is 13.3 Å². The summed E-state index contributed by atoms with van der Waals surface area (Å²) < 4.78 is 0. The predicted octanol–water partition coefficient (Wildman–Crippen LogP) is 1.20. The summed E-state index contributed by atoms with van der Waals surface area (Å²) in [5, 5.41) is 9.26. The maximum absolute atomic E-state index is 12.2. The van der Waals surface area contributed by atoms with Crippen LogP contribution in [0.25, 0.3) is 11.0 Å². The number of rotatable bonds is 2. The molecule has 0 aromatic carbocycles. The summed E-state index contributed by atoms with van der Waals surface area (Å²) in [5.41, 5.74) is 0.195. The average molecular weight is 283 g/mol. The Hall–Kier alpha value is -2.81. The summed E-state index contributed by atoms with van der Waals surface area (Å²) in [5.74, 6) is 5.22. The lowest BCUT2D eigenvalue weighted by Crippen LogP contribution is -2.38. The minimum Gasteiger partial charge on any atom is -0.477 e. The van der Waals surface area contributed by atoms with Gasteiger partial charge in [-0.15, -0.1) is 5.92 Å². The smallest absolute Gasteiger partial charge is 0.341 e. The Morgan fingerprint density at radius 3 is 2.81 bits per heavy atom. The quantitative estimate of drug-likeness (QED) is 0.809. The fourth-order valence-corrected chi connectivity index (χ4v) is 2.29. The Morgan fingerprint density at radius 2 is 2.24 bits per heavy atom. The second kappa shape index (κ2) is 4.94. The molecule has 21 heavy (non-hydrogen) atoms.